The minimum Gasteiger partial charge on any atom is -0.367 e. The second-order valence-corrected chi connectivity index (χ2v) is 6.23. The van der Waals surface area contributed by atoms with Crippen molar-refractivity contribution in [3.05, 3.63) is 54.0 Å². The van der Waals surface area contributed by atoms with Crippen LogP contribution in [0.3, 0.4) is 0 Å². The summed E-state index contributed by atoms with van der Waals surface area (Å²) in [5.74, 6) is 0.0511. The van der Waals surface area contributed by atoms with Crippen molar-refractivity contribution < 1.29 is 9.18 Å². The van der Waals surface area contributed by atoms with Gasteiger partial charge in [0.05, 0.1) is 11.9 Å². The number of hydrogen-bond donors (Lipinski definition) is 2. The van der Waals surface area contributed by atoms with E-state index in [1.807, 2.05) is 12.1 Å². The van der Waals surface area contributed by atoms with Crippen molar-refractivity contribution in [3.63, 3.8) is 0 Å². The number of pyridine rings is 1. The summed E-state index contributed by atoms with van der Waals surface area (Å²) in [6, 6.07) is 9.77. The Hall–Kier alpha value is -2.43. The molecule has 1 amide bonds. The Bertz CT molecular complexity index is 679. The van der Waals surface area contributed by atoms with Crippen molar-refractivity contribution in [2.45, 2.75) is 44.6 Å². The fourth-order valence-electron chi connectivity index (χ4n) is 3.02. The number of amides is 1. The summed E-state index contributed by atoms with van der Waals surface area (Å²) >= 11 is 0. The molecule has 0 aliphatic heterocycles. The molecular formula is C19H22FN3O. The summed E-state index contributed by atoms with van der Waals surface area (Å²) in [5, 5.41) is 6.20. The Morgan fingerprint density at radius 1 is 1.08 bits per heavy atom. The second-order valence-electron chi connectivity index (χ2n) is 6.23. The zero-order chi connectivity index (χ0) is 16.8. The molecule has 1 fully saturated rings. The molecule has 3 rings (SSSR count). The number of nitrogens with zero attached hydrogens (tertiary/aromatic N) is 1. The lowest BCUT2D eigenvalue weighted by molar-refractivity contribution is 0.102. The molecule has 1 heterocycles. The quantitative estimate of drug-likeness (QED) is 0.806. The zero-order valence-corrected chi connectivity index (χ0v) is 13.6. The van der Waals surface area contributed by atoms with Crippen LogP contribution in [0.25, 0.3) is 0 Å². The monoisotopic (exact) mass is 327 g/mol. The maximum absolute atomic E-state index is 13.2. The third-order valence-corrected chi connectivity index (χ3v) is 4.32. The molecule has 5 heteroatoms. The van der Waals surface area contributed by atoms with Crippen LogP contribution in [0.1, 0.15) is 48.9 Å². The van der Waals surface area contributed by atoms with E-state index in [-0.39, 0.29) is 11.5 Å². The molecule has 1 aromatic heterocycles. The fourth-order valence-corrected chi connectivity index (χ4v) is 3.02. The van der Waals surface area contributed by atoms with Crippen LogP contribution in [-0.4, -0.2) is 16.9 Å². The number of benzene rings is 1. The van der Waals surface area contributed by atoms with Gasteiger partial charge in [0, 0.05) is 11.6 Å². The predicted octanol–water partition coefficient (Wildman–Crippen LogP) is 4.61. The normalized spacial score (nSPS) is 15.5. The highest BCUT2D eigenvalue weighted by molar-refractivity contribution is 6.04. The van der Waals surface area contributed by atoms with Crippen LogP contribution in [0.15, 0.2) is 42.6 Å². The topological polar surface area (TPSA) is 54.0 Å². The molecule has 1 saturated carbocycles. The molecule has 24 heavy (non-hydrogen) atoms. The van der Waals surface area contributed by atoms with Crippen LogP contribution < -0.4 is 10.6 Å². The van der Waals surface area contributed by atoms with E-state index in [1.54, 1.807) is 12.3 Å². The first-order valence-electron chi connectivity index (χ1n) is 8.50. The molecule has 2 N–H and O–H groups in total. The number of anilines is 2. The molecule has 4 nitrogen and oxygen atoms in total. The van der Waals surface area contributed by atoms with E-state index in [0.717, 1.165) is 5.82 Å². The lowest BCUT2D eigenvalue weighted by Gasteiger charge is -2.17. The van der Waals surface area contributed by atoms with Gasteiger partial charge >= 0.3 is 0 Å². The van der Waals surface area contributed by atoms with E-state index in [4.69, 9.17) is 0 Å². The molecule has 1 aliphatic rings. The van der Waals surface area contributed by atoms with Gasteiger partial charge in [0.15, 0.2) is 0 Å². The SMILES string of the molecule is O=C(Nc1ccc(NC2CCCCCC2)nc1)c1cccc(F)c1. The van der Waals surface area contributed by atoms with Gasteiger partial charge in [-0.05, 0) is 43.2 Å². The van der Waals surface area contributed by atoms with Gasteiger partial charge in [0.25, 0.3) is 5.91 Å². The summed E-state index contributed by atoms with van der Waals surface area (Å²) in [4.78, 5) is 16.5. The number of rotatable bonds is 4. The standard InChI is InChI=1S/C19H22FN3O/c20-15-7-5-6-14(12-15)19(24)23-17-10-11-18(21-13-17)22-16-8-3-1-2-4-9-16/h5-7,10-13,16H,1-4,8-9H2,(H,21,22)(H,23,24). The molecular weight excluding hydrogens is 305 g/mol. The first kappa shape index (κ1) is 16.4. The van der Waals surface area contributed by atoms with Gasteiger partial charge in [0.1, 0.15) is 11.6 Å². The molecule has 0 radical (unpaired) electrons. The first-order chi connectivity index (χ1) is 11.7. The summed E-state index contributed by atoms with van der Waals surface area (Å²) in [6.07, 6.45) is 9.14. The van der Waals surface area contributed by atoms with Crippen molar-refractivity contribution in [1.82, 2.24) is 4.98 Å². The molecule has 126 valence electrons. The van der Waals surface area contributed by atoms with E-state index < -0.39 is 5.82 Å². The molecule has 0 spiro atoms. The van der Waals surface area contributed by atoms with Crippen LogP contribution in [0.2, 0.25) is 0 Å². The lowest BCUT2D eigenvalue weighted by Crippen LogP contribution is -2.19. The number of hydrogen-bond acceptors (Lipinski definition) is 3. The minimum absolute atomic E-state index is 0.288. The van der Waals surface area contributed by atoms with Crippen LogP contribution in [0.4, 0.5) is 15.9 Å². The third-order valence-electron chi connectivity index (χ3n) is 4.32. The Morgan fingerprint density at radius 2 is 1.88 bits per heavy atom. The number of carbonyl (C=O) groups is 1. The van der Waals surface area contributed by atoms with Gasteiger partial charge in [-0.1, -0.05) is 31.7 Å². The van der Waals surface area contributed by atoms with E-state index in [2.05, 4.69) is 15.6 Å². The summed E-state index contributed by atoms with van der Waals surface area (Å²) < 4.78 is 13.2. The Balaban J connectivity index is 1.58. The maximum atomic E-state index is 13.2. The first-order valence-corrected chi connectivity index (χ1v) is 8.50. The fraction of sp³-hybridized carbons (Fsp3) is 0.368. The average molecular weight is 327 g/mol. The Labute approximate surface area is 141 Å². The molecule has 0 saturated heterocycles. The van der Waals surface area contributed by atoms with Crippen LogP contribution in [-0.2, 0) is 0 Å². The highest BCUT2D eigenvalue weighted by Crippen LogP contribution is 2.21. The largest absolute Gasteiger partial charge is 0.367 e. The molecule has 0 bridgehead atoms. The van der Waals surface area contributed by atoms with E-state index in [1.165, 1.54) is 56.7 Å². The van der Waals surface area contributed by atoms with Crippen molar-refractivity contribution in [1.29, 1.82) is 0 Å². The number of aromatic nitrogens is 1. The summed E-state index contributed by atoms with van der Waals surface area (Å²) in [7, 11) is 0. The second kappa shape index (κ2) is 7.90. The van der Waals surface area contributed by atoms with Crippen molar-refractivity contribution in [3.8, 4) is 0 Å². The predicted molar refractivity (Wildman–Crippen MR) is 93.7 cm³/mol. The molecule has 1 aliphatic carbocycles. The molecule has 0 atom stereocenters. The molecule has 0 unspecified atom stereocenters. The Kier molecular flexibility index (Phi) is 5.41. The summed E-state index contributed by atoms with van der Waals surface area (Å²) in [5.41, 5.74) is 0.881. The molecule has 2 aromatic rings. The van der Waals surface area contributed by atoms with Gasteiger partial charge in [-0.3, -0.25) is 4.79 Å². The van der Waals surface area contributed by atoms with Crippen molar-refractivity contribution in [2.24, 2.45) is 0 Å². The van der Waals surface area contributed by atoms with Gasteiger partial charge in [-0.2, -0.15) is 0 Å². The summed E-state index contributed by atoms with van der Waals surface area (Å²) in [6.45, 7) is 0. The van der Waals surface area contributed by atoms with E-state index in [0.29, 0.717) is 11.7 Å². The van der Waals surface area contributed by atoms with Gasteiger partial charge in [-0.25, -0.2) is 9.37 Å². The number of nitrogens with one attached hydrogen (secondary N) is 2. The maximum Gasteiger partial charge on any atom is 0.255 e. The Morgan fingerprint density at radius 3 is 2.54 bits per heavy atom. The van der Waals surface area contributed by atoms with E-state index >= 15 is 0 Å². The van der Waals surface area contributed by atoms with Crippen LogP contribution >= 0.6 is 0 Å². The third kappa shape index (κ3) is 4.54. The van der Waals surface area contributed by atoms with Crippen molar-refractivity contribution >= 4 is 17.4 Å². The number of halogens is 1. The smallest absolute Gasteiger partial charge is 0.255 e. The number of carbonyl (C=O) groups excluding carboxylic acids is 1. The average Bonchev–Trinajstić information content (AvgIpc) is 2.85. The minimum atomic E-state index is -0.427. The highest BCUT2D eigenvalue weighted by Gasteiger charge is 2.12. The van der Waals surface area contributed by atoms with Gasteiger partial charge < -0.3 is 10.6 Å². The van der Waals surface area contributed by atoms with Crippen LogP contribution in [0.5, 0.6) is 0 Å². The van der Waals surface area contributed by atoms with Crippen LogP contribution in [0, 0.1) is 5.82 Å². The molecule has 1 aromatic carbocycles. The van der Waals surface area contributed by atoms with Crippen molar-refractivity contribution in [2.75, 3.05) is 10.6 Å². The van der Waals surface area contributed by atoms with Gasteiger partial charge in [0.2, 0.25) is 0 Å². The zero-order valence-electron chi connectivity index (χ0n) is 13.6. The highest BCUT2D eigenvalue weighted by atomic mass is 19.1. The van der Waals surface area contributed by atoms with Gasteiger partial charge in [-0.15, -0.1) is 0 Å². The lowest BCUT2D eigenvalue weighted by atomic mass is 10.1. The van der Waals surface area contributed by atoms with E-state index in [9.17, 15) is 9.18 Å².